The van der Waals surface area contributed by atoms with Gasteiger partial charge in [0.1, 0.15) is 5.75 Å². The zero-order valence-electron chi connectivity index (χ0n) is 10.8. The molecule has 18 heavy (non-hydrogen) atoms. The summed E-state index contributed by atoms with van der Waals surface area (Å²) in [7, 11) is 0. The molecular weight excluding hydrogens is 230 g/mol. The fraction of sp³-hybridized carbons (Fsp3) is 0.500. The van der Waals surface area contributed by atoms with Gasteiger partial charge in [0.2, 0.25) is 0 Å². The van der Waals surface area contributed by atoms with Crippen molar-refractivity contribution in [1.29, 1.82) is 0 Å². The molecule has 4 heteroatoms. The van der Waals surface area contributed by atoms with E-state index >= 15 is 0 Å². The van der Waals surface area contributed by atoms with Crippen molar-refractivity contribution >= 4 is 6.09 Å². The van der Waals surface area contributed by atoms with Crippen LogP contribution >= 0.6 is 0 Å². The number of amides is 1. The molecule has 1 amide bonds. The molecule has 0 radical (unpaired) electrons. The standard InChI is InChI=1S/C14H19NO3/c1-3-12-10-17-11(2)9-15(12)14(16)18-13-7-5-4-6-8-13/h4-8,11-12H,3,9-10H2,1-2H3. The Labute approximate surface area is 107 Å². The van der Waals surface area contributed by atoms with Gasteiger partial charge in [-0.3, -0.25) is 4.90 Å². The lowest BCUT2D eigenvalue weighted by Gasteiger charge is -2.37. The molecule has 0 aromatic heterocycles. The van der Waals surface area contributed by atoms with Crippen LogP contribution in [-0.4, -0.2) is 36.3 Å². The van der Waals surface area contributed by atoms with Gasteiger partial charge < -0.3 is 9.47 Å². The SMILES string of the molecule is CCC1COC(C)CN1C(=O)Oc1ccccc1. The molecule has 1 saturated heterocycles. The fourth-order valence-electron chi connectivity index (χ4n) is 2.05. The number of morpholine rings is 1. The van der Waals surface area contributed by atoms with E-state index in [1.807, 2.05) is 32.0 Å². The van der Waals surface area contributed by atoms with E-state index in [0.717, 1.165) is 6.42 Å². The first-order chi connectivity index (χ1) is 8.70. The number of nitrogens with zero attached hydrogens (tertiary/aromatic N) is 1. The molecule has 1 aliphatic rings. The van der Waals surface area contributed by atoms with Gasteiger partial charge >= 0.3 is 6.09 Å². The highest BCUT2D eigenvalue weighted by molar-refractivity contribution is 5.71. The second-order valence-corrected chi connectivity index (χ2v) is 4.54. The van der Waals surface area contributed by atoms with E-state index in [-0.39, 0.29) is 18.2 Å². The van der Waals surface area contributed by atoms with Crippen molar-refractivity contribution in [3.63, 3.8) is 0 Å². The maximum atomic E-state index is 12.1. The third kappa shape index (κ3) is 3.01. The Kier molecular flexibility index (Phi) is 4.20. The lowest BCUT2D eigenvalue weighted by molar-refractivity contribution is -0.0446. The van der Waals surface area contributed by atoms with E-state index in [0.29, 0.717) is 18.9 Å². The van der Waals surface area contributed by atoms with E-state index in [2.05, 4.69) is 0 Å². The molecule has 1 fully saturated rings. The van der Waals surface area contributed by atoms with Gasteiger partial charge in [-0.1, -0.05) is 25.1 Å². The predicted molar refractivity (Wildman–Crippen MR) is 68.7 cm³/mol. The van der Waals surface area contributed by atoms with Crippen molar-refractivity contribution < 1.29 is 14.3 Å². The van der Waals surface area contributed by atoms with Gasteiger partial charge in [0.05, 0.1) is 25.3 Å². The zero-order chi connectivity index (χ0) is 13.0. The van der Waals surface area contributed by atoms with Crippen LogP contribution in [0.1, 0.15) is 20.3 Å². The van der Waals surface area contributed by atoms with Crippen molar-refractivity contribution in [2.75, 3.05) is 13.2 Å². The number of ether oxygens (including phenoxy) is 2. The van der Waals surface area contributed by atoms with Gasteiger partial charge in [0.25, 0.3) is 0 Å². The van der Waals surface area contributed by atoms with Crippen LogP contribution in [-0.2, 0) is 4.74 Å². The lowest BCUT2D eigenvalue weighted by atomic mass is 10.1. The summed E-state index contributed by atoms with van der Waals surface area (Å²) in [5.41, 5.74) is 0. The molecule has 0 saturated carbocycles. The summed E-state index contributed by atoms with van der Waals surface area (Å²) in [5, 5.41) is 0. The van der Waals surface area contributed by atoms with E-state index in [9.17, 15) is 4.79 Å². The van der Waals surface area contributed by atoms with Crippen molar-refractivity contribution in [3.8, 4) is 5.75 Å². The summed E-state index contributed by atoms with van der Waals surface area (Å²) in [5.74, 6) is 0.580. The zero-order valence-corrected chi connectivity index (χ0v) is 10.8. The highest BCUT2D eigenvalue weighted by Crippen LogP contribution is 2.17. The number of hydrogen-bond donors (Lipinski definition) is 0. The molecule has 2 unspecified atom stereocenters. The maximum absolute atomic E-state index is 12.1. The van der Waals surface area contributed by atoms with Crippen LogP contribution in [0.15, 0.2) is 30.3 Å². The van der Waals surface area contributed by atoms with Crippen LogP contribution in [0.25, 0.3) is 0 Å². The fourth-order valence-corrected chi connectivity index (χ4v) is 2.05. The molecular formula is C14H19NO3. The average molecular weight is 249 g/mol. The summed E-state index contributed by atoms with van der Waals surface area (Å²) < 4.78 is 10.9. The summed E-state index contributed by atoms with van der Waals surface area (Å²) in [4.78, 5) is 13.9. The Hall–Kier alpha value is -1.55. The van der Waals surface area contributed by atoms with E-state index in [1.54, 1.807) is 17.0 Å². The van der Waals surface area contributed by atoms with Gasteiger partial charge in [0.15, 0.2) is 0 Å². The molecule has 2 atom stereocenters. The van der Waals surface area contributed by atoms with Crippen molar-refractivity contribution in [2.24, 2.45) is 0 Å². The third-order valence-corrected chi connectivity index (χ3v) is 3.12. The highest BCUT2D eigenvalue weighted by atomic mass is 16.6. The number of benzene rings is 1. The van der Waals surface area contributed by atoms with E-state index in [4.69, 9.17) is 9.47 Å². The lowest BCUT2D eigenvalue weighted by Crippen LogP contribution is -2.52. The second kappa shape index (κ2) is 5.87. The topological polar surface area (TPSA) is 38.8 Å². The molecule has 1 heterocycles. The first-order valence-corrected chi connectivity index (χ1v) is 6.35. The minimum Gasteiger partial charge on any atom is -0.410 e. The van der Waals surface area contributed by atoms with Gasteiger partial charge in [-0.25, -0.2) is 4.79 Å². The molecule has 1 aromatic rings. The third-order valence-electron chi connectivity index (χ3n) is 3.12. The first kappa shape index (κ1) is 12.9. The van der Waals surface area contributed by atoms with Crippen molar-refractivity contribution in [3.05, 3.63) is 30.3 Å². The van der Waals surface area contributed by atoms with Crippen LogP contribution < -0.4 is 4.74 Å². The monoisotopic (exact) mass is 249 g/mol. The Bertz CT molecular complexity index is 393. The molecule has 0 bridgehead atoms. The average Bonchev–Trinajstić information content (AvgIpc) is 2.40. The van der Waals surface area contributed by atoms with Gasteiger partial charge in [-0.15, -0.1) is 0 Å². The Morgan fingerprint density at radius 3 is 2.83 bits per heavy atom. The molecule has 4 nitrogen and oxygen atoms in total. The number of para-hydroxylation sites is 1. The predicted octanol–water partition coefficient (Wildman–Crippen LogP) is 2.68. The number of rotatable bonds is 2. The van der Waals surface area contributed by atoms with Crippen LogP contribution in [0.3, 0.4) is 0 Å². The number of hydrogen-bond acceptors (Lipinski definition) is 3. The summed E-state index contributed by atoms with van der Waals surface area (Å²) in [6.45, 7) is 5.19. The van der Waals surface area contributed by atoms with Gasteiger partial charge in [-0.2, -0.15) is 0 Å². The Balaban J connectivity index is 2.02. The van der Waals surface area contributed by atoms with Crippen LogP contribution in [0.5, 0.6) is 5.75 Å². The maximum Gasteiger partial charge on any atom is 0.415 e. The molecule has 0 spiro atoms. The second-order valence-electron chi connectivity index (χ2n) is 4.54. The number of carbonyl (C=O) groups excluding carboxylic acids is 1. The largest absolute Gasteiger partial charge is 0.415 e. The molecule has 98 valence electrons. The summed E-state index contributed by atoms with van der Waals surface area (Å²) >= 11 is 0. The Morgan fingerprint density at radius 2 is 2.17 bits per heavy atom. The minimum atomic E-state index is -0.289. The smallest absolute Gasteiger partial charge is 0.410 e. The Morgan fingerprint density at radius 1 is 1.44 bits per heavy atom. The number of carbonyl (C=O) groups is 1. The van der Waals surface area contributed by atoms with Gasteiger partial charge in [-0.05, 0) is 25.5 Å². The molecule has 0 N–H and O–H groups in total. The van der Waals surface area contributed by atoms with E-state index in [1.165, 1.54) is 0 Å². The minimum absolute atomic E-state index is 0.0659. The van der Waals surface area contributed by atoms with Crippen LogP contribution in [0.2, 0.25) is 0 Å². The molecule has 1 aliphatic heterocycles. The van der Waals surface area contributed by atoms with Crippen LogP contribution in [0, 0.1) is 0 Å². The molecule has 0 aliphatic carbocycles. The van der Waals surface area contributed by atoms with Gasteiger partial charge in [0, 0.05) is 0 Å². The molecule has 2 rings (SSSR count). The van der Waals surface area contributed by atoms with Crippen molar-refractivity contribution in [2.45, 2.75) is 32.4 Å². The van der Waals surface area contributed by atoms with E-state index < -0.39 is 0 Å². The van der Waals surface area contributed by atoms with Crippen LogP contribution in [0.4, 0.5) is 4.79 Å². The summed E-state index contributed by atoms with van der Waals surface area (Å²) in [6, 6.07) is 9.26. The molecule has 1 aromatic carbocycles. The summed E-state index contributed by atoms with van der Waals surface area (Å²) in [6.07, 6.45) is 0.649. The first-order valence-electron chi connectivity index (χ1n) is 6.35. The quantitative estimate of drug-likeness (QED) is 0.809. The normalized spacial score (nSPS) is 23.8. The van der Waals surface area contributed by atoms with Crippen molar-refractivity contribution in [1.82, 2.24) is 4.90 Å². The highest BCUT2D eigenvalue weighted by Gasteiger charge is 2.30.